The van der Waals surface area contributed by atoms with E-state index < -0.39 is 18.5 Å². The summed E-state index contributed by atoms with van der Waals surface area (Å²) in [5, 5.41) is 8.52. The summed E-state index contributed by atoms with van der Waals surface area (Å²) < 4.78 is 11.2. The van der Waals surface area contributed by atoms with Crippen molar-refractivity contribution in [2.45, 2.75) is 6.54 Å². The molecule has 0 unspecified atom stereocenters. The number of methoxy groups -OCH3 is 1. The SMILES string of the molecule is COc1cc(/C=C2\SC(=O)N(Cc3ccccc3Br)C2=O)cc(Cl)c1OCC(=O)O. The van der Waals surface area contributed by atoms with E-state index in [1.807, 2.05) is 24.3 Å². The molecule has 1 heterocycles. The van der Waals surface area contributed by atoms with E-state index >= 15 is 0 Å². The van der Waals surface area contributed by atoms with E-state index in [-0.39, 0.29) is 33.2 Å². The summed E-state index contributed by atoms with van der Waals surface area (Å²) in [7, 11) is 1.38. The molecule has 1 fully saturated rings. The maximum atomic E-state index is 12.8. The third-order valence-corrected chi connectivity index (χ3v) is 6.01. The second kappa shape index (κ2) is 9.55. The molecule has 0 saturated carbocycles. The molecule has 2 aromatic carbocycles. The number of carboxylic acids is 1. The van der Waals surface area contributed by atoms with Crippen molar-refractivity contribution in [2.75, 3.05) is 13.7 Å². The minimum Gasteiger partial charge on any atom is -0.493 e. The van der Waals surface area contributed by atoms with Gasteiger partial charge in [0.05, 0.1) is 23.6 Å². The summed E-state index contributed by atoms with van der Waals surface area (Å²) in [6.45, 7) is -0.432. The fourth-order valence-electron chi connectivity index (χ4n) is 2.68. The highest BCUT2D eigenvalue weighted by atomic mass is 79.9. The average molecular weight is 513 g/mol. The standard InChI is InChI=1S/C20H15BrClNO6S/c1-28-15-7-11(6-14(22)18(15)29-10-17(24)25)8-16-19(26)23(20(27)30-16)9-12-4-2-3-5-13(12)21/h2-8H,9-10H2,1H3,(H,24,25)/b16-8-. The lowest BCUT2D eigenvalue weighted by atomic mass is 10.1. The van der Waals surface area contributed by atoms with Crippen molar-refractivity contribution in [1.29, 1.82) is 0 Å². The summed E-state index contributed by atoms with van der Waals surface area (Å²) in [6, 6.07) is 10.4. The number of amides is 2. The number of aliphatic carboxylic acids is 1. The van der Waals surface area contributed by atoms with Crippen molar-refractivity contribution in [3.8, 4) is 11.5 Å². The van der Waals surface area contributed by atoms with Gasteiger partial charge in [0.15, 0.2) is 18.1 Å². The Labute approximate surface area is 189 Å². The molecule has 0 spiro atoms. The van der Waals surface area contributed by atoms with Crippen LogP contribution in [0.25, 0.3) is 6.08 Å². The normalized spacial score (nSPS) is 15.0. The Morgan fingerprint density at radius 2 is 2.03 bits per heavy atom. The van der Waals surface area contributed by atoms with E-state index in [1.165, 1.54) is 24.2 Å². The number of nitrogens with zero attached hydrogens (tertiary/aromatic N) is 1. The lowest BCUT2D eigenvalue weighted by molar-refractivity contribution is -0.139. The van der Waals surface area contributed by atoms with Crippen LogP contribution < -0.4 is 9.47 Å². The first-order valence-corrected chi connectivity index (χ1v) is 10.5. The molecule has 0 bridgehead atoms. The zero-order valence-corrected chi connectivity index (χ0v) is 18.7. The second-order valence-corrected chi connectivity index (χ2v) is 8.33. The van der Waals surface area contributed by atoms with Gasteiger partial charge in [0.2, 0.25) is 0 Å². The van der Waals surface area contributed by atoms with Crippen molar-refractivity contribution in [3.05, 3.63) is 61.9 Å². The van der Waals surface area contributed by atoms with Crippen LogP contribution in [0.4, 0.5) is 4.79 Å². The smallest absolute Gasteiger partial charge is 0.341 e. The molecule has 0 atom stereocenters. The number of benzene rings is 2. The predicted molar refractivity (Wildman–Crippen MR) is 117 cm³/mol. The quantitative estimate of drug-likeness (QED) is 0.532. The molecule has 7 nitrogen and oxygen atoms in total. The number of ether oxygens (including phenoxy) is 2. The van der Waals surface area contributed by atoms with E-state index in [0.29, 0.717) is 5.56 Å². The first-order chi connectivity index (χ1) is 14.3. The largest absolute Gasteiger partial charge is 0.493 e. The van der Waals surface area contributed by atoms with Crippen molar-refractivity contribution < 1.29 is 29.0 Å². The van der Waals surface area contributed by atoms with E-state index in [1.54, 1.807) is 6.07 Å². The number of hydrogen-bond donors (Lipinski definition) is 1. The molecule has 0 radical (unpaired) electrons. The molecule has 1 N–H and O–H groups in total. The van der Waals surface area contributed by atoms with Gasteiger partial charge in [-0.2, -0.15) is 0 Å². The lowest BCUT2D eigenvalue weighted by Gasteiger charge is -2.13. The number of carboxylic acid groups (broad SMARTS) is 1. The van der Waals surface area contributed by atoms with Crippen LogP contribution in [-0.2, 0) is 16.1 Å². The monoisotopic (exact) mass is 511 g/mol. The zero-order valence-electron chi connectivity index (χ0n) is 15.6. The Balaban J connectivity index is 1.85. The molecule has 1 saturated heterocycles. The Morgan fingerprint density at radius 3 is 2.70 bits per heavy atom. The van der Waals surface area contributed by atoms with Gasteiger partial charge in [0.1, 0.15) is 0 Å². The fraction of sp³-hybridized carbons (Fsp3) is 0.150. The van der Waals surface area contributed by atoms with Crippen molar-refractivity contribution in [1.82, 2.24) is 4.90 Å². The van der Waals surface area contributed by atoms with Gasteiger partial charge < -0.3 is 14.6 Å². The highest BCUT2D eigenvalue weighted by molar-refractivity contribution is 9.10. The van der Waals surface area contributed by atoms with Gasteiger partial charge in [0.25, 0.3) is 11.1 Å². The van der Waals surface area contributed by atoms with Crippen LogP contribution in [0.2, 0.25) is 5.02 Å². The number of imide groups is 1. The zero-order chi connectivity index (χ0) is 21.8. The topological polar surface area (TPSA) is 93.1 Å². The molecule has 30 heavy (non-hydrogen) atoms. The van der Waals surface area contributed by atoms with Gasteiger partial charge in [-0.25, -0.2) is 4.79 Å². The van der Waals surface area contributed by atoms with Crippen molar-refractivity contribution in [2.24, 2.45) is 0 Å². The second-order valence-electron chi connectivity index (χ2n) is 6.08. The van der Waals surface area contributed by atoms with Gasteiger partial charge in [0, 0.05) is 4.47 Å². The van der Waals surface area contributed by atoms with Gasteiger partial charge in [-0.3, -0.25) is 14.5 Å². The van der Waals surface area contributed by atoms with Gasteiger partial charge >= 0.3 is 5.97 Å². The van der Waals surface area contributed by atoms with Crippen LogP contribution in [0.1, 0.15) is 11.1 Å². The average Bonchev–Trinajstić information content (AvgIpc) is 2.95. The molecule has 156 valence electrons. The molecule has 1 aliphatic heterocycles. The van der Waals surface area contributed by atoms with Crippen LogP contribution in [-0.4, -0.2) is 40.8 Å². The van der Waals surface area contributed by atoms with Crippen LogP contribution in [0, 0.1) is 0 Å². The number of thioether (sulfide) groups is 1. The Morgan fingerprint density at radius 1 is 1.30 bits per heavy atom. The molecule has 2 aromatic rings. The molecule has 10 heteroatoms. The highest BCUT2D eigenvalue weighted by Gasteiger charge is 2.35. The van der Waals surface area contributed by atoms with E-state index in [4.69, 9.17) is 26.2 Å². The van der Waals surface area contributed by atoms with E-state index in [9.17, 15) is 14.4 Å². The predicted octanol–water partition coefficient (Wildman–Crippen LogP) is 4.81. The molecule has 0 aromatic heterocycles. The van der Waals surface area contributed by atoms with Gasteiger partial charge in [-0.1, -0.05) is 45.7 Å². The fourth-order valence-corrected chi connectivity index (χ4v) is 4.20. The maximum Gasteiger partial charge on any atom is 0.341 e. The van der Waals surface area contributed by atoms with Crippen LogP contribution in [0.5, 0.6) is 11.5 Å². The van der Waals surface area contributed by atoms with Crippen molar-refractivity contribution in [3.63, 3.8) is 0 Å². The van der Waals surface area contributed by atoms with E-state index in [2.05, 4.69) is 15.9 Å². The van der Waals surface area contributed by atoms with Crippen molar-refractivity contribution >= 4 is 62.5 Å². The third-order valence-electron chi connectivity index (χ3n) is 4.05. The number of halogens is 2. The molecule has 0 aliphatic carbocycles. The number of carbonyl (C=O) groups excluding carboxylic acids is 2. The number of rotatable bonds is 7. The van der Waals surface area contributed by atoms with E-state index in [0.717, 1.165) is 21.8 Å². The summed E-state index contributed by atoms with van der Waals surface area (Å²) >= 11 is 10.4. The van der Waals surface area contributed by atoms with Crippen LogP contribution >= 0.6 is 39.3 Å². The summed E-state index contributed by atoms with van der Waals surface area (Å²) in [5.74, 6) is -1.28. The van der Waals surface area contributed by atoms with Crippen LogP contribution in [0.3, 0.4) is 0 Å². The molecular weight excluding hydrogens is 498 g/mol. The van der Waals surface area contributed by atoms with Crippen LogP contribution in [0.15, 0.2) is 45.8 Å². The minimum absolute atomic E-state index is 0.0840. The Bertz CT molecular complexity index is 1060. The summed E-state index contributed by atoms with van der Waals surface area (Å²) in [6.07, 6.45) is 1.53. The molecule has 2 amide bonds. The molecule has 3 rings (SSSR count). The first kappa shape index (κ1) is 22.2. The van der Waals surface area contributed by atoms with Gasteiger partial charge in [-0.15, -0.1) is 0 Å². The Hall–Kier alpha value is -2.49. The number of hydrogen-bond acceptors (Lipinski definition) is 6. The summed E-state index contributed by atoms with van der Waals surface area (Å²) in [5.41, 5.74) is 1.32. The number of carbonyl (C=O) groups is 3. The maximum absolute atomic E-state index is 12.8. The Kier molecular flexibility index (Phi) is 7.06. The third kappa shape index (κ3) is 4.97. The van der Waals surface area contributed by atoms with Gasteiger partial charge in [-0.05, 0) is 47.2 Å². The first-order valence-electron chi connectivity index (χ1n) is 8.51. The highest BCUT2D eigenvalue weighted by Crippen LogP contribution is 2.39. The minimum atomic E-state index is -1.16. The summed E-state index contributed by atoms with van der Waals surface area (Å²) in [4.78, 5) is 37.3. The molecular formula is C20H15BrClNO6S. The molecule has 1 aliphatic rings. The lowest BCUT2D eigenvalue weighted by Crippen LogP contribution is -2.27.